The molecule has 6 rings (SSSR count). The largest absolute Gasteiger partial charge is 0.489 e. The lowest BCUT2D eigenvalue weighted by molar-refractivity contribution is 0.0164. The molecule has 2 aromatic carbocycles. The Morgan fingerprint density at radius 2 is 1.71 bits per heavy atom. The number of benzene rings is 2. The van der Waals surface area contributed by atoms with Crippen molar-refractivity contribution in [3.8, 4) is 17.6 Å². The minimum atomic E-state index is -0.424. The van der Waals surface area contributed by atoms with Crippen molar-refractivity contribution in [3.05, 3.63) is 76.1 Å². The molecule has 3 fully saturated rings. The predicted molar refractivity (Wildman–Crippen MR) is 198 cm³/mol. The Morgan fingerprint density at radius 1 is 0.961 bits per heavy atom. The van der Waals surface area contributed by atoms with E-state index < -0.39 is 5.41 Å². The number of hydrogen-bond acceptors (Lipinski definition) is 10. The van der Waals surface area contributed by atoms with Crippen molar-refractivity contribution in [3.63, 3.8) is 0 Å². The fourth-order valence-electron chi connectivity index (χ4n) is 6.76. The van der Waals surface area contributed by atoms with Crippen LogP contribution in [0.1, 0.15) is 55.5 Å². The Balaban J connectivity index is 0.951. The van der Waals surface area contributed by atoms with Gasteiger partial charge in [-0.15, -0.1) is 11.6 Å². The fraction of sp³-hybridized carbons (Fsp3) is 0.526. The van der Waals surface area contributed by atoms with E-state index in [1.807, 2.05) is 42.5 Å². The Bertz CT molecular complexity index is 1670. The smallest absolute Gasteiger partial charge is 0.411 e. The summed E-state index contributed by atoms with van der Waals surface area (Å²) >= 11 is 12.3. The van der Waals surface area contributed by atoms with Crippen LogP contribution in [-0.4, -0.2) is 109 Å². The number of anilines is 1. The number of likely N-dealkylation sites (tertiary alicyclic amines) is 2. The van der Waals surface area contributed by atoms with Gasteiger partial charge in [0.1, 0.15) is 31.8 Å². The SMILES string of the molecule is CC(C)(c1ccc(OCc2ccnc(N3CCN(CC4CCN(COC(=O)N5CCC5)CC4)CC3)n2)cc1)c1cc(Cl)c(OCCCl)c(C#N)c1. The number of ether oxygens (including phenoxy) is 3. The molecule has 0 saturated carbocycles. The maximum absolute atomic E-state index is 12.0. The summed E-state index contributed by atoms with van der Waals surface area (Å²) in [6.07, 6.45) is 4.97. The molecule has 51 heavy (non-hydrogen) atoms. The van der Waals surface area contributed by atoms with Crippen LogP contribution < -0.4 is 14.4 Å². The maximum atomic E-state index is 12.0. The third-order valence-electron chi connectivity index (χ3n) is 10.2. The van der Waals surface area contributed by atoms with E-state index in [4.69, 9.17) is 42.4 Å². The van der Waals surface area contributed by atoms with Gasteiger partial charge in [0.05, 0.1) is 22.2 Å². The maximum Gasteiger partial charge on any atom is 0.411 e. The molecule has 0 radical (unpaired) electrons. The molecule has 3 aromatic rings. The molecule has 1 amide bonds. The highest BCUT2D eigenvalue weighted by Crippen LogP contribution is 2.38. The van der Waals surface area contributed by atoms with Crippen molar-refractivity contribution in [2.75, 3.05) is 83.0 Å². The summed E-state index contributed by atoms with van der Waals surface area (Å²) in [4.78, 5) is 30.2. The van der Waals surface area contributed by atoms with Crippen LogP contribution in [0.25, 0.3) is 0 Å². The number of aromatic nitrogens is 2. The monoisotopic (exact) mass is 735 g/mol. The van der Waals surface area contributed by atoms with Crippen LogP contribution in [-0.2, 0) is 16.8 Å². The number of carbonyl (C=O) groups is 1. The number of piperidine rings is 1. The van der Waals surface area contributed by atoms with Crippen molar-refractivity contribution in [2.45, 2.75) is 45.1 Å². The molecule has 0 unspecified atom stereocenters. The molecular formula is C38H47Cl2N7O4. The second kappa shape index (κ2) is 17.1. The van der Waals surface area contributed by atoms with Crippen LogP contribution >= 0.6 is 23.2 Å². The van der Waals surface area contributed by atoms with E-state index in [9.17, 15) is 10.1 Å². The highest BCUT2D eigenvalue weighted by Gasteiger charge is 2.28. The summed E-state index contributed by atoms with van der Waals surface area (Å²) in [7, 11) is 0. The molecular weight excluding hydrogens is 689 g/mol. The third-order valence-corrected chi connectivity index (χ3v) is 10.7. The van der Waals surface area contributed by atoms with Gasteiger partial charge in [-0.2, -0.15) is 5.26 Å². The second-order valence-corrected chi connectivity index (χ2v) is 14.8. The first-order chi connectivity index (χ1) is 24.7. The topological polar surface area (TPSA) is 107 Å². The normalized spacial score (nSPS) is 17.5. The average Bonchev–Trinajstić information content (AvgIpc) is 3.13. The molecule has 3 aliphatic heterocycles. The van der Waals surface area contributed by atoms with E-state index in [0.29, 0.717) is 41.5 Å². The van der Waals surface area contributed by atoms with E-state index in [2.05, 4.69) is 39.6 Å². The lowest BCUT2D eigenvalue weighted by Gasteiger charge is -2.39. The van der Waals surface area contributed by atoms with E-state index in [1.54, 1.807) is 11.1 Å². The number of piperazine rings is 1. The molecule has 0 aliphatic carbocycles. The zero-order chi connectivity index (χ0) is 35.8. The molecule has 3 saturated heterocycles. The quantitative estimate of drug-likeness (QED) is 0.190. The van der Waals surface area contributed by atoms with Crippen LogP contribution in [0.5, 0.6) is 11.5 Å². The Kier molecular flexibility index (Phi) is 12.4. The molecule has 272 valence electrons. The van der Waals surface area contributed by atoms with Gasteiger partial charge in [0, 0.05) is 70.5 Å². The molecule has 0 N–H and O–H groups in total. The van der Waals surface area contributed by atoms with Crippen LogP contribution in [0, 0.1) is 17.2 Å². The van der Waals surface area contributed by atoms with Crippen molar-refractivity contribution in [2.24, 2.45) is 5.92 Å². The van der Waals surface area contributed by atoms with Gasteiger partial charge in [-0.3, -0.25) is 9.80 Å². The highest BCUT2D eigenvalue weighted by molar-refractivity contribution is 6.32. The number of hydrogen-bond donors (Lipinski definition) is 0. The molecule has 0 spiro atoms. The zero-order valence-corrected chi connectivity index (χ0v) is 31.0. The first-order valence-electron chi connectivity index (χ1n) is 17.8. The van der Waals surface area contributed by atoms with Gasteiger partial charge < -0.3 is 24.0 Å². The van der Waals surface area contributed by atoms with E-state index >= 15 is 0 Å². The third kappa shape index (κ3) is 9.35. The molecule has 11 nitrogen and oxygen atoms in total. The predicted octanol–water partition coefficient (Wildman–Crippen LogP) is 6.16. The minimum Gasteiger partial charge on any atom is -0.489 e. The van der Waals surface area contributed by atoms with Gasteiger partial charge in [0.15, 0.2) is 5.75 Å². The average molecular weight is 737 g/mol. The zero-order valence-electron chi connectivity index (χ0n) is 29.5. The Labute approximate surface area is 311 Å². The number of carbonyl (C=O) groups excluding carboxylic acids is 1. The minimum absolute atomic E-state index is 0.174. The first-order valence-corrected chi connectivity index (χ1v) is 18.7. The number of nitriles is 1. The van der Waals surface area contributed by atoms with Crippen LogP contribution in [0.15, 0.2) is 48.7 Å². The van der Waals surface area contributed by atoms with Gasteiger partial charge in [-0.1, -0.05) is 37.6 Å². The van der Waals surface area contributed by atoms with E-state index in [1.165, 1.54) is 0 Å². The van der Waals surface area contributed by atoms with E-state index in [0.717, 1.165) is 107 Å². The van der Waals surface area contributed by atoms with Crippen LogP contribution in [0.4, 0.5) is 10.7 Å². The first kappa shape index (κ1) is 37.0. The lowest BCUT2D eigenvalue weighted by atomic mass is 9.77. The lowest BCUT2D eigenvalue weighted by Crippen LogP contribution is -2.49. The van der Waals surface area contributed by atoms with Gasteiger partial charge in [-0.05, 0) is 66.6 Å². The molecule has 1 aromatic heterocycles. The van der Waals surface area contributed by atoms with Gasteiger partial charge in [0.25, 0.3) is 0 Å². The molecule has 4 heterocycles. The molecule has 0 bridgehead atoms. The number of nitrogens with zero attached hydrogens (tertiary/aromatic N) is 7. The fourth-order valence-corrected chi connectivity index (χ4v) is 7.12. The standard InChI is InChI=1S/C38H47Cl2N7O4/c1-38(2,31-22-29(24-41)35(34(40)23-31)49-21-11-39)30-4-6-33(7-5-30)50-26-32-8-12-42-36(43-32)46-19-17-44(18-20-46)25-28-9-15-45(16-10-28)27-51-37(48)47-13-3-14-47/h4-8,12,22-23,28H,3,9-11,13-21,25-27H2,1-2H3. The van der Waals surface area contributed by atoms with Gasteiger partial charge >= 0.3 is 6.09 Å². The van der Waals surface area contributed by atoms with E-state index in [-0.39, 0.29) is 12.7 Å². The number of rotatable bonds is 13. The van der Waals surface area contributed by atoms with Gasteiger partial charge in [0.2, 0.25) is 5.95 Å². The molecule has 0 atom stereocenters. The molecule has 13 heteroatoms. The summed E-state index contributed by atoms with van der Waals surface area (Å²) in [6.45, 7) is 13.6. The summed E-state index contributed by atoms with van der Waals surface area (Å²) in [5.74, 6) is 2.81. The van der Waals surface area contributed by atoms with Crippen molar-refractivity contribution < 1.29 is 19.0 Å². The highest BCUT2D eigenvalue weighted by atomic mass is 35.5. The summed E-state index contributed by atoms with van der Waals surface area (Å²) < 4.78 is 17.2. The number of halogens is 2. The Morgan fingerprint density at radius 3 is 2.37 bits per heavy atom. The van der Waals surface area contributed by atoms with Crippen LogP contribution in [0.2, 0.25) is 5.02 Å². The summed E-state index contributed by atoms with van der Waals surface area (Å²) in [6, 6.07) is 15.8. The second-order valence-electron chi connectivity index (χ2n) is 14.0. The summed E-state index contributed by atoms with van der Waals surface area (Å²) in [5.41, 5.74) is 2.74. The van der Waals surface area contributed by atoms with Crippen LogP contribution in [0.3, 0.4) is 0 Å². The summed E-state index contributed by atoms with van der Waals surface area (Å²) in [5, 5.41) is 10.1. The number of alkyl halides is 1. The van der Waals surface area contributed by atoms with Gasteiger partial charge in [-0.25, -0.2) is 14.8 Å². The van der Waals surface area contributed by atoms with Crippen molar-refractivity contribution >= 4 is 35.2 Å². The van der Waals surface area contributed by atoms with Crippen molar-refractivity contribution in [1.82, 2.24) is 24.7 Å². The number of amides is 1. The molecule has 3 aliphatic rings. The van der Waals surface area contributed by atoms with Crippen molar-refractivity contribution in [1.29, 1.82) is 5.26 Å². The Hall–Kier alpha value is -3.82.